The van der Waals surface area contributed by atoms with Gasteiger partial charge in [0.1, 0.15) is 4.90 Å². The van der Waals surface area contributed by atoms with Crippen molar-refractivity contribution in [1.82, 2.24) is 14.2 Å². The summed E-state index contributed by atoms with van der Waals surface area (Å²) >= 11 is 0. The first-order valence-electron chi connectivity index (χ1n) is 8.85. The van der Waals surface area contributed by atoms with E-state index in [-0.39, 0.29) is 4.90 Å². The Labute approximate surface area is 149 Å². The fourth-order valence-electron chi connectivity index (χ4n) is 3.49. The lowest BCUT2D eigenvalue weighted by atomic mass is 10.0. The van der Waals surface area contributed by atoms with Crippen molar-refractivity contribution in [2.45, 2.75) is 30.2 Å². The van der Waals surface area contributed by atoms with Crippen molar-refractivity contribution >= 4 is 10.0 Å². The van der Waals surface area contributed by atoms with Crippen molar-refractivity contribution in [1.29, 1.82) is 0 Å². The van der Waals surface area contributed by atoms with Crippen LogP contribution in [0.15, 0.2) is 53.7 Å². The normalized spacial score (nSPS) is 19.8. The average molecular weight is 357 g/mol. The molecule has 1 saturated heterocycles. The van der Waals surface area contributed by atoms with Crippen molar-refractivity contribution in [3.63, 3.8) is 0 Å². The first kappa shape index (κ1) is 16.7. The van der Waals surface area contributed by atoms with Crippen LogP contribution in [0.4, 0.5) is 0 Å². The second-order valence-corrected chi connectivity index (χ2v) is 8.78. The summed E-state index contributed by atoms with van der Waals surface area (Å²) in [5, 5.41) is 0. The molecule has 2 fully saturated rings. The Kier molecular flexibility index (Phi) is 4.58. The van der Waals surface area contributed by atoms with Crippen molar-refractivity contribution < 1.29 is 8.42 Å². The van der Waals surface area contributed by atoms with Crippen LogP contribution in [0.2, 0.25) is 0 Å². The minimum absolute atomic E-state index is 0.280. The molecule has 0 spiro atoms. The fraction of sp³-hybridized carbons (Fsp3) is 0.421. The van der Waals surface area contributed by atoms with Crippen LogP contribution in [-0.2, 0) is 16.6 Å². The van der Waals surface area contributed by atoms with E-state index < -0.39 is 10.0 Å². The van der Waals surface area contributed by atoms with Gasteiger partial charge < -0.3 is 0 Å². The molecule has 0 unspecified atom stereocenters. The first-order chi connectivity index (χ1) is 12.1. The molecule has 2 aromatic rings. The first-order valence-corrected chi connectivity index (χ1v) is 10.3. The number of aromatic nitrogens is 1. The number of hydrogen-bond acceptors (Lipinski definition) is 4. The summed E-state index contributed by atoms with van der Waals surface area (Å²) in [6.07, 6.45) is 5.62. The van der Waals surface area contributed by atoms with Gasteiger partial charge in [-0.1, -0.05) is 24.3 Å². The van der Waals surface area contributed by atoms with E-state index in [9.17, 15) is 8.42 Å². The molecule has 25 heavy (non-hydrogen) atoms. The number of sulfonamides is 1. The predicted molar refractivity (Wildman–Crippen MR) is 96.7 cm³/mol. The van der Waals surface area contributed by atoms with Crippen molar-refractivity contribution in [3.8, 4) is 0 Å². The van der Waals surface area contributed by atoms with E-state index in [2.05, 4.69) is 34.1 Å². The van der Waals surface area contributed by atoms with E-state index in [4.69, 9.17) is 0 Å². The van der Waals surface area contributed by atoms with Crippen molar-refractivity contribution in [3.05, 3.63) is 59.9 Å². The zero-order chi connectivity index (χ0) is 17.3. The smallest absolute Gasteiger partial charge is 0.244 e. The molecule has 6 heteroatoms. The zero-order valence-corrected chi connectivity index (χ0v) is 15.0. The van der Waals surface area contributed by atoms with Crippen LogP contribution in [0, 0.1) is 0 Å². The Hall–Kier alpha value is -1.76. The van der Waals surface area contributed by atoms with Crippen molar-refractivity contribution in [2.75, 3.05) is 26.2 Å². The third-order valence-corrected chi connectivity index (χ3v) is 6.95. The Balaban J connectivity index is 1.41. The third kappa shape index (κ3) is 3.61. The topological polar surface area (TPSA) is 53.5 Å². The number of pyridine rings is 1. The summed E-state index contributed by atoms with van der Waals surface area (Å²) < 4.78 is 26.9. The van der Waals surface area contributed by atoms with Gasteiger partial charge in [-0.3, -0.25) is 9.88 Å². The van der Waals surface area contributed by atoms with Crippen LogP contribution in [0.5, 0.6) is 0 Å². The highest BCUT2D eigenvalue weighted by molar-refractivity contribution is 7.89. The summed E-state index contributed by atoms with van der Waals surface area (Å²) in [6.45, 7) is 3.50. The monoisotopic (exact) mass is 357 g/mol. The highest BCUT2D eigenvalue weighted by atomic mass is 32.2. The maximum absolute atomic E-state index is 12.7. The number of nitrogens with zero attached hydrogens (tertiary/aromatic N) is 3. The molecule has 5 nitrogen and oxygen atoms in total. The quantitative estimate of drug-likeness (QED) is 0.825. The van der Waals surface area contributed by atoms with E-state index in [1.807, 2.05) is 0 Å². The third-order valence-electron chi connectivity index (χ3n) is 5.07. The van der Waals surface area contributed by atoms with Crippen molar-refractivity contribution in [2.24, 2.45) is 0 Å². The van der Waals surface area contributed by atoms with Gasteiger partial charge in [0.15, 0.2) is 0 Å². The average Bonchev–Trinajstić information content (AvgIpc) is 3.48. The molecule has 4 rings (SSSR count). The molecule has 0 atom stereocenters. The molecule has 2 heterocycles. The van der Waals surface area contributed by atoms with Crippen LogP contribution in [0.25, 0.3) is 0 Å². The van der Waals surface area contributed by atoms with E-state index in [0.29, 0.717) is 13.1 Å². The van der Waals surface area contributed by atoms with Gasteiger partial charge in [0.05, 0.1) is 0 Å². The SMILES string of the molecule is O=S(=O)(c1cccnc1)N1CCN(Cc2ccccc2C2CC2)CC1. The van der Waals surface area contributed by atoms with Gasteiger partial charge in [0, 0.05) is 45.1 Å². The number of rotatable bonds is 5. The summed E-state index contributed by atoms with van der Waals surface area (Å²) in [5.41, 5.74) is 2.88. The molecular formula is C19H23N3O2S. The maximum atomic E-state index is 12.7. The molecule has 1 saturated carbocycles. The van der Waals surface area contributed by atoms with E-state index in [0.717, 1.165) is 25.6 Å². The van der Waals surface area contributed by atoms with Gasteiger partial charge in [-0.25, -0.2) is 8.42 Å². The molecule has 0 radical (unpaired) electrons. The summed E-state index contributed by atoms with van der Waals surface area (Å²) in [7, 11) is -3.43. The van der Waals surface area contributed by atoms with Gasteiger partial charge >= 0.3 is 0 Å². The lowest BCUT2D eigenvalue weighted by Crippen LogP contribution is -2.48. The highest BCUT2D eigenvalue weighted by Crippen LogP contribution is 2.41. The molecule has 1 aliphatic carbocycles. The lowest BCUT2D eigenvalue weighted by Gasteiger charge is -2.34. The Morgan fingerprint density at radius 1 is 1.00 bits per heavy atom. The summed E-state index contributed by atoms with van der Waals surface area (Å²) in [6, 6.07) is 12.0. The van der Waals surface area contributed by atoms with Crippen LogP contribution < -0.4 is 0 Å². The Morgan fingerprint density at radius 2 is 1.76 bits per heavy atom. The van der Waals surface area contributed by atoms with Crippen LogP contribution in [0.3, 0.4) is 0 Å². The Morgan fingerprint density at radius 3 is 2.44 bits per heavy atom. The number of benzene rings is 1. The summed E-state index contributed by atoms with van der Waals surface area (Å²) in [5.74, 6) is 0.739. The van der Waals surface area contributed by atoms with Crippen LogP contribution in [-0.4, -0.2) is 48.8 Å². The molecule has 0 amide bonds. The zero-order valence-electron chi connectivity index (χ0n) is 14.2. The molecule has 1 aromatic heterocycles. The van der Waals surface area contributed by atoms with Gasteiger partial charge in [0.25, 0.3) is 0 Å². The molecular weight excluding hydrogens is 334 g/mol. The largest absolute Gasteiger partial charge is 0.296 e. The summed E-state index contributed by atoms with van der Waals surface area (Å²) in [4.78, 5) is 6.57. The van der Waals surface area contributed by atoms with Gasteiger partial charge in [-0.15, -0.1) is 0 Å². The standard InChI is InChI=1S/C19H23N3O2S/c23-25(24,18-5-3-9-20-14-18)22-12-10-21(11-13-22)15-17-4-1-2-6-19(17)16-7-8-16/h1-6,9,14,16H,7-8,10-13,15H2. The molecule has 1 aromatic carbocycles. The molecule has 0 N–H and O–H groups in total. The van der Waals surface area contributed by atoms with Gasteiger partial charge in [-0.2, -0.15) is 4.31 Å². The second kappa shape index (κ2) is 6.86. The van der Waals surface area contributed by atoms with E-state index in [1.54, 1.807) is 22.6 Å². The molecule has 132 valence electrons. The maximum Gasteiger partial charge on any atom is 0.244 e. The van der Waals surface area contributed by atoms with Gasteiger partial charge in [-0.05, 0) is 42.0 Å². The number of hydrogen-bond donors (Lipinski definition) is 0. The molecule has 1 aliphatic heterocycles. The second-order valence-electron chi connectivity index (χ2n) is 6.84. The van der Waals surface area contributed by atoms with Gasteiger partial charge in [0.2, 0.25) is 10.0 Å². The van der Waals surface area contributed by atoms with Crippen LogP contribution >= 0.6 is 0 Å². The van der Waals surface area contributed by atoms with Crippen LogP contribution in [0.1, 0.15) is 29.9 Å². The minimum Gasteiger partial charge on any atom is -0.296 e. The van der Waals surface area contributed by atoms with E-state index >= 15 is 0 Å². The Bertz CT molecular complexity index is 827. The number of piperazine rings is 1. The lowest BCUT2D eigenvalue weighted by molar-refractivity contribution is 0.181. The molecule has 2 aliphatic rings. The molecule has 0 bridgehead atoms. The minimum atomic E-state index is -3.43. The highest BCUT2D eigenvalue weighted by Gasteiger charge is 2.30. The van der Waals surface area contributed by atoms with E-state index in [1.165, 1.54) is 30.2 Å². The predicted octanol–water partition coefficient (Wildman–Crippen LogP) is 2.47. The fourth-order valence-corrected chi connectivity index (χ4v) is 4.88.